The summed E-state index contributed by atoms with van der Waals surface area (Å²) in [6.45, 7) is 0.916. The number of nitrogens with zero attached hydrogens (tertiary/aromatic N) is 5. The second-order valence-corrected chi connectivity index (χ2v) is 9.43. The molecule has 4 aromatic carbocycles. The second-order valence-electron chi connectivity index (χ2n) is 9.43. The van der Waals surface area contributed by atoms with E-state index in [-0.39, 0.29) is 21.1 Å². The van der Waals surface area contributed by atoms with Gasteiger partial charge in [-0.15, -0.1) is 40.8 Å². The van der Waals surface area contributed by atoms with Gasteiger partial charge in [0.2, 0.25) is 5.95 Å². The topological polar surface area (TPSA) is 49.8 Å². The SMILES string of the molecule is Cn1ccnc1-n1c2[c-]c(Oc3[c-]c4c(cc3)CCn3c-4nc4ccccc43)ccc2c2ccccc21.[Pt+2]. The molecule has 186 valence electrons. The Kier molecular flexibility index (Phi) is 5.27. The largest absolute Gasteiger partial charge is 2.00 e. The first-order chi connectivity index (χ1) is 18.2. The van der Waals surface area contributed by atoms with Gasteiger partial charge in [-0.2, -0.15) is 6.07 Å². The third-order valence-corrected chi connectivity index (χ3v) is 7.26. The molecule has 0 unspecified atom stereocenters. The van der Waals surface area contributed by atoms with E-state index in [9.17, 15) is 0 Å². The smallest absolute Gasteiger partial charge is 0.503 e. The van der Waals surface area contributed by atoms with Crippen molar-refractivity contribution in [3.8, 4) is 28.8 Å². The molecule has 0 atom stereocenters. The van der Waals surface area contributed by atoms with Crippen molar-refractivity contribution < 1.29 is 25.8 Å². The van der Waals surface area contributed by atoms with Gasteiger partial charge in [0.05, 0.1) is 16.9 Å². The van der Waals surface area contributed by atoms with E-state index in [1.807, 2.05) is 48.3 Å². The van der Waals surface area contributed by atoms with Crippen molar-refractivity contribution in [2.24, 2.45) is 7.05 Å². The summed E-state index contributed by atoms with van der Waals surface area (Å²) >= 11 is 0. The minimum absolute atomic E-state index is 0. The quantitative estimate of drug-likeness (QED) is 0.202. The summed E-state index contributed by atoms with van der Waals surface area (Å²) in [5.41, 5.74) is 6.41. The standard InChI is InChI=1S/C31H21N5O.Pt/c1-34-17-15-32-31(34)36-27-8-4-2-6-23(27)24-13-12-22(19-29(24)36)37-21-11-10-20-14-16-35-28-9-5-3-7-26(28)33-30(35)25(20)18-21;/h2-13,15,17H,14,16H2,1H3;/q-2;+2. The zero-order valence-corrected chi connectivity index (χ0v) is 22.7. The molecule has 0 bridgehead atoms. The van der Waals surface area contributed by atoms with Crippen LogP contribution in [-0.2, 0) is 41.1 Å². The predicted molar refractivity (Wildman–Crippen MR) is 144 cm³/mol. The molecule has 0 saturated carbocycles. The van der Waals surface area contributed by atoms with Gasteiger partial charge in [-0.25, -0.2) is 4.98 Å². The monoisotopic (exact) mass is 674 g/mol. The fourth-order valence-corrected chi connectivity index (χ4v) is 5.53. The summed E-state index contributed by atoms with van der Waals surface area (Å²) in [5.74, 6) is 3.06. The van der Waals surface area contributed by atoms with Gasteiger partial charge in [-0.05, 0) is 30.0 Å². The Morgan fingerprint density at radius 2 is 1.63 bits per heavy atom. The Bertz CT molecular complexity index is 2000. The molecule has 7 aromatic rings. The van der Waals surface area contributed by atoms with Crippen molar-refractivity contribution >= 4 is 32.8 Å². The number of hydrogen-bond donors (Lipinski definition) is 0. The fourth-order valence-electron chi connectivity index (χ4n) is 5.53. The molecule has 0 spiro atoms. The summed E-state index contributed by atoms with van der Waals surface area (Å²) in [5, 5.41) is 2.26. The van der Waals surface area contributed by atoms with E-state index in [2.05, 4.69) is 74.8 Å². The number of para-hydroxylation sites is 3. The maximum Gasteiger partial charge on any atom is 2.00 e. The van der Waals surface area contributed by atoms with Gasteiger partial charge in [0.1, 0.15) is 0 Å². The number of hydrogen-bond acceptors (Lipinski definition) is 3. The molecule has 0 amide bonds. The van der Waals surface area contributed by atoms with E-state index < -0.39 is 0 Å². The molecule has 1 aliphatic heterocycles. The van der Waals surface area contributed by atoms with E-state index in [0.717, 1.165) is 63.1 Å². The van der Waals surface area contributed by atoms with E-state index in [4.69, 9.17) is 9.72 Å². The molecule has 0 radical (unpaired) electrons. The Hall–Kier alpha value is -4.15. The van der Waals surface area contributed by atoms with Gasteiger partial charge in [-0.3, -0.25) is 4.98 Å². The van der Waals surface area contributed by atoms with Crippen molar-refractivity contribution in [3.05, 3.63) is 103 Å². The van der Waals surface area contributed by atoms with Gasteiger partial charge in [-0.1, -0.05) is 41.9 Å². The number of imidazole rings is 2. The molecule has 6 nitrogen and oxygen atoms in total. The average Bonchev–Trinajstić information content (AvgIpc) is 3.61. The number of benzene rings is 4. The predicted octanol–water partition coefficient (Wildman–Crippen LogP) is 6.48. The Labute approximate surface area is 233 Å². The average molecular weight is 675 g/mol. The second kappa shape index (κ2) is 8.71. The third kappa shape index (κ3) is 3.37. The summed E-state index contributed by atoms with van der Waals surface area (Å²) in [6, 6.07) is 31.9. The van der Waals surface area contributed by atoms with Crippen molar-refractivity contribution in [2.75, 3.05) is 0 Å². The normalized spacial score (nSPS) is 12.4. The number of ether oxygens (including phenoxy) is 1. The van der Waals surface area contributed by atoms with E-state index in [1.54, 1.807) is 0 Å². The third-order valence-electron chi connectivity index (χ3n) is 7.26. The molecule has 7 heteroatoms. The van der Waals surface area contributed by atoms with Gasteiger partial charge in [0.25, 0.3) is 0 Å². The van der Waals surface area contributed by atoms with Gasteiger partial charge < -0.3 is 18.4 Å². The molecule has 4 heterocycles. The van der Waals surface area contributed by atoms with Crippen LogP contribution in [0.2, 0.25) is 0 Å². The Morgan fingerprint density at radius 3 is 2.50 bits per heavy atom. The van der Waals surface area contributed by atoms with Crippen molar-refractivity contribution in [1.82, 2.24) is 23.7 Å². The zero-order chi connectivity index (χ0) is 24.5. The van der Waals surface area contributed by atoms with Gasteiger partial charge in [0.15, 0.2) is 0 Å². The van der Waals surface area contributed by atoms with E-state index >= 15 is 0 Å². The molecule has 0 saturated heterocycles. The van der Waals surface area contributed by atoms with Crippen LogP contribution in [0.25, 0.3) is 50.2 Å². The Morgan fingerprint density at radius 1 is 0.842 bits per heavy atom. The number of fused-ring (bicyclic) bond motifs is 8. The van der Waals surface area contributed by atoms with Crippen LogP contribution < -0.4 is 4.74 Å². The first-order valence-corrected chi connectivity index (χ1v) is 12.4. The summed E-state index contributed by atoms with van der Waals surface area (Å²) in [7, 11) is 2.00. The Balaban J connectivity index is 0.00000242. The molecular weight excluding hydrogens is 653 g/mol. The molecule has 38 heavy (non-hydrogen) atoms. The van der Waals surface area contributed by atoms with E-state index in [0.29, 0.717) is 11.5 Å². The maximum absolute atomic E-state index is 6.35. The van der Waals surface area contributed by atoms with Crippen LogP contribution in [0.3, 0.4) is 0 Å². The summed E-state index contributed by atoms with van der Waals surface area (Å²) in [4.78, 5) is 9.52. The number of aryl methyl sites for hydroxylation is 3. The molecule has 1 aliphatic rings. The van der Waals surface area contributed by atoms with Crippen LogP contribution in [0.5, 0.6) is 11.5 Å². The minimum atomic E-state index is 0. The summed E-state index contributed by atoms with van der Waals surface area (Å²) < 4.78 is 12.8. The first-order valence-electron chi connectivity index (χ1n) is 12.4. The van der Waals surface area contributed by atoms with Crippen LogP contribution in [-0.4, -0.2) is 23.7 Å². The fraction of sp³-hybridized carbons (Fsp3) is 0.0968. The molecule has 3 aromatic heterocycles. The van der Waals surface area contributed by atoms with Crippen LogP contribution in [0, 0.1) is 12.1 Å². The maximum atomic E-state index is 6.35. The van der Waals surface area contributed by atoms with Crippen LogP contribution in [0.15, 0.2) is 85.2 Å². The summed E-state index contributed by atoms with van der Waals surface area (Å²) in [6.07, 6.45) is 4.71. The van der Waals surface area contributed by atoms with Crippen molar-refractivity contribution in [3.63, 3.8) is 0 Å². The zero-order valence-electron chi connectivity index (χ0n) is 20.5. The van der Waals surface area contributed by atoms with Gasteiger partial charge in [0, 0.05) is 43.0 Å². The van der Waals surface area contributed by atoms with Crippen molar-refractivity contribution in [1.29, 1.82) is 0 Å². The number of aromatic nitrogens is 5. The van der Waals surface area contributed by atoms with Crippen molar-refractivity contribution in [2.45, 2.75) is 13.0 Å². The van der Waals surface area contributed by atoms with Crippen LogP contribution in [0.1, 0.15) is 5.56 Å². The molecule has 0 N–H and O–H groups in total. The van der Waals surface area contributed by atoms with Crippen LogP contribution >= 0.6 is 0 Å². The van der Waals surface area contributed by atoms with Crippen LogP contribution in [0.4, 0.5) is 0 Å². The molecule has 8 rings (SSSR count). The number of rotatable bonds is 3. The first kappa shape index (κ1) is 23.0. The van der Waals surface area contributed by atoms with Gasteiger partial charge >= 0.3 is 21.1 Å². The van der Waals surface area contributed by atoms with E-state index in [1.165, 1.54) is 5.56 Å². The minimum Gasteiger partial charge on any atom is -0.503 e. The molecule has 0 fully saturated rings. The molecular formula is C31H21N5OPt. The molecule has 0 aliphatic carbocycles.